The molecule has 3 rings (SSSR count). The van der Waals surface area contributed by atoms with Gasteiger partial charge in [-0.1, -0.05) is 48.0 Å². The Bertz CT molecular complexity index is 827. The van der Waals surface area contributed by atoms with Gasteiger partial charge in [-0.05, 0) is 17.5 Å². The van der Waals surface area contributed by atoms with E-state index in [1.807, 2.05) is 42.5 Å². The summed E-state index contributed by atoms with van der Waals surface area (Å²) in [7, 11) is 0. The van der Waals surface area contributed by atoms with Gasteiger partial charge in [-0.25, -0.2) is 4.98 Å². The Morgan fingerprint density at radius 2 is 1.90 bits per heavy atom. The maximum absolute atomic E-state index is 12.4. The smallest absolute Gasteiger partial charge is 0.257 e. The lowest BCUT2D eigenvalue weighted by molar-refractivity contribution is 0.102. The molecule has 0 spiro atoms. The van der Waals surface area contributed by atoms with Crippen molar-refractivity contribution >= 4 is 39.7 Å². The molecule has 4 nitrogen and oxygen atoms in total. The topological polar surface area (TPSA) is 68.0 Å². The van der Waals surface area contributed by atoms with Crippen LogP contribution in [0.25, 0.3) is 10.8 Å². The van der Waals surface area contributed by atoms with Crippen molar-refractivity contribution in [3.8, 4) is 0 Å². The number of rotatable bonds is 2. The summed E-state index contributed by atoms with van der Waals surface area (Å²) in [6.07, 6.45) is 1.38. The Balaban J connectivity index is 1.99. The highest BCUT2D eigenvalue weighted by molar-refractivity contribution is 6.30. The zero-order chi connectivity index (χ0) is 14.8. The monoisotopic (exact) mass is 297 g/mol. The third kappa shape index (κ3) is 2.66. The van der Waals surface area contributed by atoms with E-state index in [4.69, 9.17) is 17.3 Å². The average molecular weight is 298 g/mol. The second-order valence-corrected chi connectivity index (χ2v) is 4.96. The molecule has 1 amide bonds. The molecule has 1 aromatic heterocycles. The molecule has 0 fully saturated rings. The number of aromatic nitrogens is 1. The minimum Gasteiger partial charge on any atom is -0.397 e. The summed E-state index contributed by atoms with van der Waals surface area (Å²) in [5.41, 5.74) is 7.10. The Labute approximate surface area is 126 Å². The Kier molecular flexibility index (Phi) is 3.46. The van der Waals surface area contributed by atoms with Gasteiger partial charge < -0.3 is 11.1 Å². The predicted octanol–water partition coefficient (Wildman–Crippen LogP) is 3.72. The van der Waals surface area contributed by atoms with Crippen molar-refractivity contribution in [1.29, 1.82) is 0 Å². The maximum atomic E-state index is 12.4. The lowest BCUT2D eigenvalue weighted by Crippen LogP contribution is -2.14. The van der Waals surface area contributed by atoms with Crippen molar-refractivity contribution in [3.63, 3.8) is 0 Å². The fourth-order valence-electron chi connectivity index (χ4n) is 2.16. The van der Waals surface area contributed by atoms with Gasteiger partial charge in [-0.15, -0.1) is 0 Å². The zero-order valence-corrected chi connectivity index (χ0v) is 11.8. The molecular weight excluding hydrogens is 286 g/mol. The van der Waals surface area contributed by atoms with Crippen LogP contribution in [-0.4, -0.2) is 10.9 Å². The fourth-order valence-corrected chi connectivity index (χ4v) is 2.32. The molecule has 21 heavy (non-hydrogen) atoms. The molecule has 2 aromatic carbocycles. The number of pyridine rings is 1. The summed E-state index contributed by atoms with van der Waals surface area (Å²) in [6, 6.07) is 15.0. The number of carbonyl (C=O) groups excluding carboxylic acids is 1. The number of nitrogens with one attached hydrogen (secondary N) is 1. The van der Waals surface area contributed by atoms with Crippen molar-refractivity contribution in [2.24, 2.45) is 0 Å². The molecule has 0 saturated heterocycles. The van der Waals surface area contributed by atoms with Gasteiger partial charge in [-0.2, -0.15) is 0 Å². The van der Waals surface area contributed by atoms with Crippen LogP contribution in [0, 0.1) is 0 Å². The molecule has 104 valence electrons. The van der Waals surface area contributed by atoms with E-state index < -0.39 is 0 Å². The lowest BCUT2D eigenvalue weighted by Gasteiger charge is -2.10. The molecule has 5 heteroatoms. The number of nitrogens with two attached hydrogens (primary N) is 1. The molecule has 0 aliphatic carbocycles. The molecule has 0 radical (unpaired) electrons. The number of hydrogen-bond donors (Lipinski definition) is 2. The minimum absolute atomic E-state index is 0.229. The van der Waals surface area contributed by atoms with E-state index >= 15 is 0 Å². The van der Waals surface area contributed by atoms with Crippen molar-refractivity contribution in [1.82, 2.24) is 4.98 Å². The number of nitrogens with zero attached hydrogens (tertiary/aromatic N) is 1. The fraction of sp³-hybridized carbons (Fsp3) is 0. The van der Waals surface area contributed by atoms with Gasteiger partial charge in [0.2, 0.25) is 0 Å². The van der Waals surface area contributed by atoms with E-state index in [9.17, 15) is 4.79 Å². The number of fused-ring (bicyclic) bond motifs is 1. The second-order valence-electron chi connectivity index (χ2n) is 4.58. The normalized spacial score (nSPS) is 10.5. The number of benzene rings is 2. The van der Waals surface area contributed by atoms with Crippen LogP contribution in [0.15, 0.2) is 54.7 Å². The van der Waals surface area contributed by atoms with E-state index in [1.54, 1.807) is 0 Å². The molecule has 3 aromatic rings. The van der Waals surface area contributed by atoms with Crippen LogP contribution in [0.5, 0.6) is 0 Å². The first-order valence-electron chi connectivity index (χ1n) is 6.35. The van der Waals surface area contributed by atoms with Crippen LogP contribution >= 0.6 is 11.6 Å². The number of amides is 1. The Hall–Kier alpha value is -2.59. The first-order valence-corrected chi connectivity index (χ1v) is 6.73. The maximum Gasteiger partial charge on any atom is 0.257 e. The van der Waals surface area contributed by atoms with Gasteiger partial charge in [0.15, 0.2) is 0 Å². The van der Waals surface area contributed by atoms with Crippen molar-refractivity contribution < 1.29 is 4.79 Å². The molecule has 1 heterocycles. The molecule has 0 aliphatic rings. The van der Waals surface area contributed by atoms with Crippen molar-refractivity contribution in [2.45, 2.75) is 0 Å². The average Bonchev–Trinajstić information content (AvgIpc) is 2.50. The van der Waals surface area contributed by atoms with Crippen LogP contribution in [0.3, 0.4) is 0 Å². The summed E-state index contributed by atoms with van der Waals surface area (Å²) >= 11 is 5.81. The SMILES string of the molecule is Nc1cnc(Cl)cc1C(=O)Nc1cccc2ccccc12. The van der Waals surface area contributed by atoms with Gasteiger partial charge in [0, 0.05) is 11.1 Å². The van der Waals surface area contributed by atoms with Crippen molar-refractivity contribution in [3.05, 3.63) is 65.4 Å². The molecule has 0 unspecified atom stereocenters. The van der Waals surface area contributed by atoms with Gasteiger partial charge in [0.25, 0.3) is 5.91 Å². The summed E-state index contributed by atoms with van der Waals surface area (Å²) in [5.74, 6) is -0.312. The number of hydrogen-bond acceptors (Lipinski definition) is 3. The standard InChI is InChI=1S/C16H12ClN3O/c17-15-8-12(13(18)9-19-15)16(21)20-14-7-3-5-10-4-1-2-6-11(10)14/h1-9H,18H2,(H,20,21). The summed E-state index contributed by atoms with van der Waals surface area (Å²) in [4.78, 5) is 16.2. The van der Waals surface area contributed by atoms with E-state index in [2.05, 4.69) is 10.3 Å². The number of anilines is 2. The van der Waals surface area contributed by atoms with Crippen LogP contribution in [-0.2, 0) is 0 Å². The first-order chi connectivity index (χ1) is 10.1. The third-order valence-corrected chi connectivity index (χ3v) is 3.39. The van der Waals surface area contributed by atoms with Crippen LogP contribution in [0.2, 0.25) is 5.15 Å². The van der Waals surface area contributed by atoms with E-state index in [0.29, 0.717) is 5.56 Å². The van der Waals surface area contributed by atoms with Gasteiger partial charge in [-0.3, -0.25) is 4.79 Å². The summed E-state index contributed by atoms with van der Waals surface area (Å²) in [6.45, 7) is 0. The minimum atomic E-state index is -0.312. The van der Waals surface area contributed by atoms with Gasteiger partial charge in [0.05, 0.1) is 17.4 Å². The number of nitrogen functional groups attached to an aromatic ring is 1. The third-order valence-electron chi connectivity index (χ3n) is 3.18. The quantitative estimate of drug-likeness (QED) is 0.708. The zero-order valence-electron chi connectivity index (χ0n) is 11.0. The molecule has 0 bridgehead atoms. The summed E-state index contributed by atoms with van der Waals surface area (Å²) < 4.78 is 0. The van der Waals surface area contributed by atoms with Gasteiger partial charge >= 0.3 is 0 Å². The summed E-state index contributed by atoms with van der Waals surface area (Å²) in [5, 5.41) is 5.11. The Morgan fingerprint density at radius 1 is 1.14 bits per heavy atom. The lowest BCUT2D eigenvalue weighted by atomic mass is 10.1. The highest BCUT2D eigenvalue weighted by atomic mass is 35.5. The molecule has 0 saturated carbocycles. The first kappa shape index (κ1) is 13.4. The van der Waals surface area contributed by atoms with Crippen molar-refractivity contribution in [2.75, 3.05) is 11.1 Å². The molecule has 3 N–H and O–H groups in total. The Morgan fingerprint density at radius 3 is 2.76 bits per heavy atom. The van der Waals surface area contributed by atoms with Crippen LogP contribution in [0.1, 0.15) is 10.4 Å². The highest BCUT2D eigenvalue weighted by Crippen LogP contribution is 2.24. The number of halogens is 1. The van der Waals surface area contributed by atoms with E-state index in [1.165, 1.54) is 12.3 Å². The van der Waals surface area contributed by atoms with E-state index in [0.717, 1.165) is 16.5 Å². The van der Waals surface area contributed by atoms with Crippen LogP contribution in [0.4, 0.5) is 11.4 Å². The molecule has 0 aliphatic heterocycles. The predicted molar refractivity (Wildman–Crippen MR) is 85.6 cm³/mol. The largest absolute Gasteiger partial charge is 0.397 e. The van der Waals surface area contributed by atoms with E-state index in [-0.39, 0.29) is 16.7 Å². The number of carbonyl (C=O) groups is 1. The van der Waals surface area contributed by atoms with Crippen LogP contribution < -0.4 is 11.1 Å². The molecular formula is C16H12ClN3O. The second kappa shape index (κ2) is 5.42. The molecule has 0 atom stereocenters. The highest BCUT2D eigenvalue weighted by Gasteiger charge is 2.12. The van der Waals surface area contributed by atoms with Gasteiger partial charge in [0.1, 0.15) is 5.15 Å².